The number of carbonyl (C=O) groups is 1. The van der Waals surface area contributed by atoms with Crippen LogP contribution >= 0.6 is 36.2 Å². The number of rotatable bonds is 5. The monoisotopic (exact) mass is 463 g/mol. The Kier molecular flexibility index (Phi) is 9.71. The maximum Gasteiger partial charge on any atom is 0.225 e. The van der Waals surface area contributed by atoms with E-state index in [0.29, 0.717) is 23.8 Å². The summed E-state index contributed by atoms with van der Waals surface area (Å²) in [5, 5.41) is 2.13. The van der Waals surface area contributed by atoms with Crippen LogP contribution in [0.5, 0.6) is 0 Å². The summed E-state index contributed by atoms with van der Waals surface area (Å²) in [6, 6.07) is 4.90. The third-order valence-electron chi connectivity index (χ3n) is 6.94. The topological polar surface area (TPSA) is 58.8 Å². The number of fused-ring (bicyclic) bond motifs is 2. The quantitative estimate of drug-likeness (QED) is 0.724. The van der Waals surface area contributed by atoms with Crippen molar-refractivity contribution in [3.05, 3.63) is 22.4 Å². The number of amides is 1. The summed E-state index contributed by atoms with van der Waals surface area (Å²) < 4.78 is 5.54. The normalized spacial score (nSPS) is 30.6. The molecule has 5 nitrogen and oxygen atoms in total. The first-order valence-electron chi connectivity index (χ1n) is 10.5. The molecular formula is C21H35Cl2N3O2S. The largest absolute Gasteiger partial charge is 0.379 e. The Balaban J connectivity index is 0.00000150. The van der Waals surface area contributed by atoms with Crippen LogP contribution in [0, 0.1) is 17.8 Å². The van der Waals surface area contributed by atoms with Gasteiger partial charge in [0, 0.05) is 43.5 Å². The minimum absolute atomic E-state index is 0. The van der Waals surface area contributed by atoms with Crippen molar-refractivity contribution in [3.63, 3.8) is 0 Å². The molecule has 2 N–H and O–H groups in total. The lowest BCUT2D eigenvalue weighted by Crippen LogP contribution is -2.50. The van der Waals surface area contributed by atoms with Crippen molar-refractivity contribution in [1.29, 1.82) is 0 Å². The van der Waals surface area contributed by atoms with Gasteiger partial charge >= 0.3 is 0 Å². The van der Waals surface area contributed by atoms with Gasteiger partial charge in [0.05, 0.1) is 19.3 Å². The van der Waals surface area contributed by atoms with Crippen LogP contribution in [0.2, 0.25) is 0 Å². The molecule has 2 heterocycles. The van der Waals surface area contributed by atoms with Crippen LogP contribution in [0.15, 0.2) is 17.5 Å². The molecule has 1 aromatic heterocycles. The summed E-state index contributed by atoms with van der Waals surface area (Å²) in [6.45, 7) is 4.20. The predicted molar refractivity (Wildman–Crippen MR) is 123 cm³/mol. The van der Waals surface area contributed by atoms with Gasteiger partial charge in [-0.1, -0.05) is 12.5 Å². The molecule has 29 heavy (non-hydrogen) atoms. The molecule has 2 aliphatic carbocycles. The highest BCUT2D eigenvalue weighted by Gasteiger charge is 2.41. The van der Waals surface area contributed by atoms with Gasteiger partial charge in [-0.3, -0.25) is 9.69 Å². The Morgan fingerprint density at radius 1 is 1.28 bits per heavy atom. The minimum Gasteiger partial charge on any atom is -0.379 e. The highest BCUT2D eigenvalue weighted by Crippen LogP contribution is 2.42. The summed E-state index contributed by atoms with van der Waals surface area (Å²) in [4.78, 5) is 19.1. The van der Waals surface area contributed by atoms with Crippen LogP contribution in [0.1, 0.15) is 43.0 Å². The van der Waals surface area contributed by atoms with Gasteiger partial charge in [-0.25, -0.2) is 0 Å². The van der Waals surface area contributed by atoms with E-state index in [0.717, 1.165) is 45.7 Å². The van der Waals surface area contributed by atoms with Crippen LogP contribution in [0.4, 0.5) is 0 Å². The zero-order chi connectivity index (χ0) is 18.8. The van der Waals surface area contributed by atoms with Crippen molar-refractivity contribution in [2.24, 2.45) is 23.5 Å². The fourth-order valence-electron chi connectivity index (χ4n) is 5.41. The van der Waals surface area contributed by atoms with Gasteiger partial charge in [-0.2, -0.15) is 0 Å². The first kappa shape index (κ1) is 24.9. The van der Waals surface area contributed by atoms with Crippen molar-refractivity contribution >= 4 is 42.1 Å². The SMILES string of the molecule is CN(CC(c1cccs1)N1CCOCC1)C(=O)C1CC2CCCC(C1)C2N.Cl.Cl. The number of carbonyl (C=O) groups excluding carboxylic acids is 1. The molecule has 1 aromatic rings. The Hall–Kier alpha value is -0.370. The number of halogens is 2. The molecule has 166 valence electrons. The second-order valence-corrected chi connectivity index (χ2v) is 9.57. The van der Waals surface area contributed by atoms with Gasteiger partial charge in [0.2, 0.25) is 5.91 Å². The van der Waals surface area contributed by atoms with Gasteiger partial charge in [0.15, 0.2) is 0 Å². The van der Waals surface area contributed by atoms with E-state index in [1.54, 1.807) is 11.3 Å². The average molecular weight is 465 g/mol. The molecule has 0 spiro atoms. The lowest BCUT2D eigenvalue weighted by atomic mass is 9.65. The zero-order valence-electron chi connectivity index (χ0n) is 17.2. The maximum absolute atomic E-state index is 13.3. The van der Waals surface area contributed by atoms with Crippen LogP contribution in [0.3, 0.4) is 0 Å². The molecule has 8 heteroatoms. The fourth-order valence-corrected chi connectivity index (χ4v) is 6.26. The highest BCUT2D eigenvalue weighted by atomic mass is 35.5. The van der Waals surface area contributed by atoms with Gasteiger partial charge in [-0.05, 0) is 49.0 Å². The number of likely N-dealkylation sites (N-methyl/N-ethyl adjacent to an activating group) is 1. The fraction of sp³-hybridized carbons (Fsp3) is 0.762. The van der Waals surface area contributed by atoms with E-state index in [1.165, 1.54) is 24.1 Å². The first-order valence-corrected chi connectivity index (χ1v) is 11.4. The van der Waals surface area contributed by atoms with Crippen LogP contribution in [0.25, 0.3) is 0 Å². The number of nitrogens with two attached hydrogens (primary N) is 1. The molecule has 0 aromatic carbocycles. The van der Waals surface area contributed by atoms with Crippen LogP contribution in [-0.2, 0) is 9.53 Å². The third kappa shape index (κ3) is 5.66. The standard InChI is InChI=1S/C21H33N3O2S.2ClH/c1-23(21(25)17-12-15-4-2-5-16(13-17)20(15)22)14-18(19-6-3-11-27-19)24-7-9-26-10-8-24;;/h3,6,11,15-18,20H,2,4-5,7-10,12-14,22H2,1H3;2*1H. The van der Waals surface area contributed by atoms with Crippen LogP contribution < -0.4 is 5.73 Å². The molecule has 0 radical (unpaired) electrons. The number of hydrogen-bond donors (Lipinski definition) is 1. The average Bonchev–Trinajstić information content (AvgIpc) is 3.20. The number of thiophene rings is 1. The second-order valence-electron chi connectivity index (χ2n) is 8.60. The van der Waals surface area contributed by atoms with Gasteiger partial charge in [-0.15, -0.1) is 36.2 Å². The molecule has 2 bridgehead atoms. The molecule has 3 aliphatic rings. The van der Waals surface area contributed by atoms with Gasteiger partial charge in [0.25, 0.3) is 0 Å². The van der Waals surface area contributed by atoms with Crippen molar-refractivity contribution in [2.75, 3.05) is 39.9 Å². The smallest absolute Gasteiger partial charge is 0.225 e. The van der Waals surface area contributed by atoms with Crippen molar-refractivity contribution in [1.82, 2.24) is 9.80 Å². The van der Waals surface area contributed by atoms with E-state index < -0.39 is 0 Å². The summed E-state index contributed by atoms with van der Waals surface area (Å²) in [6.07, 6.45) is 5.68. The summed E-state index contributed by atoms with van der Waals surface area (Å²) in [7, 11) is 1.99. The second kappa shape index (κ2) is 11.3. The first-order chi connectivity index (χ1) is 13.1. The minimum atomic E-state index is 0. The Labute approximate surface area is 191 Å². The van der Waals surface area contributed by atoms with Gasteiger partial charge < -0.3 is 15.4 Å². The number of nitrogens with zero attached hydrogens (tertiary/aromatic N) is 2. The van der Waals surface area contributed by atoms with E-state index in [-0.39, 0.29) is 36.8 Å². The van der Waals surface area contributed by atoms with E-state index in [2.05, 4.69) is 22.4 Å². The molecule has 4 rings (SSSR count). The molecule has 3 atom stereocenters. The van der Waals surface area contributed by atoms with E-state index >= 15 is 0 Å². The van der Waals surface area contributed by atoms with Crippen molar-refractivity contribution < 1.29 is 9.53 Å². The van der Waals surface area contributed by atoms with E-state index in [4.69, 9.17) is 10.5 Å². The van der Waals surface area contributed by atoms with Gasteiger partial charge in [0.1, 0.15) is 0 Å². The molecule has 1 saturated heterocycles. The molecule has 1 amide bonds. The lowest BCUT2D eigenvalue weighted by molar-refractivity contribution is -0.138. The summed E-state index contributed by atoms with van der Waals surface area (Å²) in [5.74, 6) is 1.59. The molecule has 3 unspecified atom stereocenters. The number of morpholine rings is 1. The molecule has 3 fully saturated rings. The van der Waals surface area contributed by atoms with Crippen LogP contribution in [-0.4, -0.2) is 61.6 Å². The predicted octanol–water partition coefficient (Wildman–Crippen LogP) is 3.58. The Bertz CT molecular complexity index is 613. The molecule has 2 saturated carbocycles. The summed E-state index contributed by atoms with van der Waals surface area (Å²) in [5.41, 5.74) is 6.42. The lowest BCUT2D eigenvalue weighted by Gasteiger charge is -2.44. The van der Waals surface area contributed by atoms with E-state index in [9.17, 15) is 4.79 Å². The number of hydrogen-bond acceptors (Lipinski definition) is 5. The molecular weight excluding hydrogens is 429 g/mol. The zero-order valence-corrected chi connectivity index (χ0v) is 19.7. The number of ether oxygens (including phenoxy) is 1. The van der Waals surface area contributed by atoms with Crippen molar-refractivity contribution in [3.8, 4) is 0 Å². The maximum atomic E-state index is 13.3. The van der Waals surface area contributed by atoms with Crippen molar-refractivity contribution in [2.45, 2.75) is 44.2 Å². The van der Waals surface area contributed by atoms with E-state index in [1.807, 2.05) is 11.9 Å². The Morgan fingerprint density at radius 2 is 1.93 bits per heavy atom. The highest BCUT2D eigenvalue weighted by molar-refractivity contribution is 7.10. The summed E-state index contributed by atoms with van der Waals surface area (Å²) >= 11 is 1.79. The molecule has 1 aliphatic heterocycles. The Morgan fingerprint density at radius 3 is 2.52 bits per heavy atom. The third-order valence-corrected chi connectivity index (χ3v) is 7.92.